The van der Waals surface area contributed by atoms with Crippen molar-refractivity contribution in [3.8, 4) is 0 Å². The highest BCUT2D eigenvalue weighted by Crippen LogP contribution is 2.22. The van der Waals surface area contributed by atoms with Crippen LogP contribution in [0.25, 0.3) is 0 Å². The van der Waals surface area contributed by atoms with Gasteiger partial charge in [-0.1, -0.05) is 28.8 Å². The lowest BCUT2D eigenvalue weighted by Gasteiger charge is -2.12. The second-order valence-corrected chi connectivity index (χ2v) is 6.75. The quantitative estimate of drug-likeness (QED) is 0.849. The summed E-state index contributed by atoms with van der Waals surface area (Å²) in [6.07, 6.45) is 7.64. The van der Waals surface area contributed by atoms with Crippen LogP contribution in [-0.4, -0.2) is 21.9 Å². The van der Waals surface area contributed by atoms with Gasteiger partial charge >= 0.3 is 0 Å². The van der Waals surface area contributed by atoms with Crippen molar-refractivity contribution in [1.82, 2.24) is 15.3 Å². The smallest absolute Gasteiger partial charge is 0.254 e. The molecule has 1 fully saturated rings. The molecule has 2 N–H and O–H groups in total. The summed E-state index contributed by atoms with van der Waals surface area (Å²) in [5, 5.41) is 6.20. The zero-order valence-corrected chi connectivity index (χ0v) is 14.6. The van der Waals surface area contributed by atoms with Crippen molar-refractivity contribution in [3.63, 3.8) is 0 Å². The van der Waals surface area contributed by atoms with Gasteiger partial charge in [0.2, 0.25) is 5.95 Å². The van der Waals surface area contributed by atoms with Crippen LogP contribution in [0.5, 0.6) is 0 Å². The number of carbonyl (C=O) groups excluding carboxylic acids is 1. The molecular weight excluding hydrogens is 356 g/mol. The third-order valence-electron chi connectivity index (χ3n) is 4.04. The number of rotatable bonds is 4. The van der Waals surface area contributed by atoms with Crippen molar-refractivity contribution in [3.05, 3.63) is 46.2 Å². The van der Waals surface area contributed by atoms with Gasteiger partial charge in [0.15, 0.2) is 0 Å². The average Bonchev–Trinajstić information content (AvgIpc) is 3.04. The summed E-state index contributed by atoms with van der Waals surface area (Å²) >= 11 is 3.44. The van der Waals surface area contributed by atoms with Gasteiger partial charge in [-0.15, -0.1) is 0 Å². The number of anilines is 2. The molecule has 3 rings (SSSR count). The van der Waals surface area contributed by atoms with E-state index in [1.54, 1.807) is 12.4 Å². The number of amides is 1. The SMILES string of the molecule is Cc1cc(Br)ccc1Nc1ncc(C(=O)NC2CCCC2)cn1. The third kappa shape index (κ3) is 4.07. The molecule has 0 aliphatic heterocycles. The molecule has 5 nitrogen and oxygen atoms in total. The molecule has 1 saturated carbocycles. The maximum absolute atomic E-state index is 12.1. The van der Waals surface area contributed by atoms with Crippen LogP contribution in [0.15, 0.2) is 35.1 Å². The first kappa shape index (κ1) is 15.9. The van der Waals surface area contributed by atoms with Gasteiger partial charge in [0.1, 0.15) is 0 Å². The Bertz CT molecular complexity index is 696. The Morgan fingerprint density at radius 1 is 1.22 bits per heavy atom. The maximum Gasteiger partial charge on any atom is 0.254 e. The first-order valence-electron chi connectivity index (χ1n) is 7.78. The number of halogens is 1. The molecule has 0 spiro atoms. The highest BCUT2D eigenvalue weighted by atomic mass is 79.9. The fourth-order valence-electron chi connectivity index (χ4n) is 2.74. The van der Waals surface area contributed by atoms with E-state index in [1.807, 2.05) is 25.1 Å². The Kier molecular flexibility index (Phi) is 4.91. The number of aryl methyl sites for hydroxylation is 1. The number of benzene rings is 1. The number of nitrogens with one attached hydrogen (secondary N) is 2. The van der Waals surface area contributed by atoms with E-state index in [4.69, 9.17) is 0 Å². The lowest BCUT2D eigenvalue weighted by atomic mass is 10.2. The minimum Gasteiger partial charge on any atom is -0.349 e. The molecule has 1 aliphatic rings. The minimum atomic E-state index is -0.0942. The third-order valence-corrected chi connectivity index (χ3v) is 4.53. The molecule has 0 atom stereocenters. The van der Waals surface area contributed by atoms with Gasteiger partial charge in [-0.25, -0.2) is 9.97 Å². The molecule has 0 bridgehead atoms. The lowest BCUT2D eigenvalue weighted by Crippen LogP contribution is -2.32. The van der Waals surface area contributed by atoms with Gasteiger partial charge in [-0.05, 0) is 43.5 Å². The molecule has 120 valence electrons. The fourth-order valence-corrected chi connectivity index (χ4v) is 3.21. The average molecular weight is 375 g/mol. The van der Waals surface area contributed by atoms with E-state index in [0.717, 1.165) is 28.6 Å². The van der Waals surface area contributed by atoms with Crippen LogP contribution in [0, 0.1) is 6.92 Å². The van der Waals surface area contributed by atoms with Crippen molar-refractivity contribution in [1.29, 1.82) is 0 Å². The van der Waals surface area contributed by atoms with Crippen molar-refractivity contribution in [2.24, 2.45) is 0 Å². The number of hydrogen-bond donors (Lipinski definition) is 2. The fraction of sp³-hybridized carbons (Fsp3) is 0.353. The Hall–Kier alpha value is -1.95. The first-order chi connectivity index (χ1) is 11.1. The molecule has 2 aromatic rings. The molecule has 1 amide bonds. The van der Waals surface area contributed by atoms with Crippen molar-refractivity contribution in [2.45, 2.75) is 38.6 Å². The van der Waals surface area contributed by atoms with Crippen molar-refractivity contribution >= 4 is 33.5 Å². The Labute approximate surface area is 144 Å². The molecule has 1 heterocycles. The van der Waals surface area contributed by atoms with E-state index < -0.39 is 0 Å². The normalized spacial score (nSPS) is 14.7. The van der Waals surface area contributed by atoms with Gasteiger partial charge in [-0.3, -0.25) is 4.79 Å². The molecule has 1 aliphatic carbocycles. The van der Waals surface area contributed by atoms with Crippen LogP contribution in [0.3, 0.4) is 0 Å². The van der Waals surface area contributed by atoms with Crippen molar-refractivity contribution in [2.75, 3.05) is 5.32 Å². The van der Waals surface area contributed by atoms with Crippen LogP contribution in [0.1, 0.15) is 41.6 Å². The summed E-state index contributed by atoms with van der Waals surface area (Å²) in [7, 11) is 0. The molecule has 1 aromatic heterocycles. The minimum absolute atomic E-state index is 0.0942. The monoisotopic (exact) mass is 374 g/mol. The van der Waals surface area contributed by atoms with E-state index >= 15 is 0 Å². The highest BCUT2D eigenvalue weighted by Gasteiger charge is 2.18. The Morgan fingerprint density at radius 3 is 2.57 bits per heavy atom. The Morgan fingerprint density at radius 2 is 1.91 bits per heavy atom. The standard InChI is InChI=1S/C17H19BrN4O/c1-11-8-13(18)6-7-15(11)22-17-19-9-12(10-20-17)16(23)21-14-4-2-3-5-14/h6-10,14H,2-5H2,1H3,(H,21,23)(H,19,20,22). The van der Waals surface area contributed by atoms with E-state index in [0.29, 0.717) is 17.6 Å². The number of hydrogen-bond acceptors (Lipinski definition) is 4. The molecular formula is C17H19BrN4O. The number of nitrogens with zero attached hydrogens (tertiary/aromatic N) is 2. The molecule has 0 saturated heterocycles. The van der Waals surface area contributed by atoms with E-state index in [-0.39, 0.29) is 5.91 Å². The zero-order valence-electron chi connectivity index (χ0n) is 13.0. The summed E-state index contributed by atoms with van der Waals surface area (Å²) < 4.78 is 1.03. The molecule has 0 radical (unpaired) electrons. The van der Waals surface area contributed by atoms with Crippen LogP contribution in [0.4, 0.5) is 11.6 Å². The zero-order chi connectivity index (χ0) is 16.2. The predicted octanol–water partition coefficient (Wildman–Crippen LogP) is 3.96. The van der Waals surface area contributed by atoms with Crippen LogP contribution in [0.2, 0.25) is 0 Å². The van der Waals surface area contributed by atoms with E-state index in [2.05, 4.69) is 36.5 Å². The summed E-state index contributed by atoms with van der Waals surface area (Å²) in [6, 6.07) is 6.24. The van der Waals surface area contributed by atoms with Crippen LogP contribution < -0.4 is 10.6 Å². The predicted molar refractivity (Wildman–Crippen MR) is 93.9 cm³/mol. The summed E-state index contributed by atoms with van der Waals surface area (Å²) in [5.74, 6) is 0.385. The highest BCUT2D eigenvalue weighted by molar-refractivity contribution is 9.10. The first-order valence-corrected chi connectivity index (χ1v) is 8.57. The van der Waals surface area contributed by atoms with Gasteiger partial charge < -0.3 is 10.6 Å². The summed E-state index contributed by atoms with van der Waals surface area (Å²) in [5.41, 5.74) is 2.53. The summed E-state index contributed by atoms with van der Waals surface area (Å²) in [4.78, 5) is 20.6. The topological polar surface area (TPSA) is 66.9 Å². The van der Waals surface area contributed by atoms with Gasteiger partial charge in [-0.2, -0.15) is 0 Å². The van der Waals surface area contributed by atoms with E-state index in [9.17, 15) is 4.79 Å². The van der Waals surface area contributed by atoms with Crippen LogP contribution >= 0.6 is 15.9 Å². The van der Waals surface area contributed by atoms with Crippen LogP contribution in [-0.2, 0) is 0 Å². The van der Waals surface area contributed by atoms with E-state index in [1.165, 1.54) is 12.8 Å². The van der Waals surface area contributed by atoms with Gasteiger partial charge in [0, 0.05) is 28.6 Å². The number of aromatic nitrogens is 2. The summed E-state index contributed by atoms with van der Waals surface area (Å²) in [6.45, 7) is 2.01. The van der Waals surface area contributed by atoms with Crippen molar-refractivity contribution < 1.29 is 4.79 Å². The van der Waals surface area contributed by atoms with Gasteiger partial charge in [0.25, 0.3) is 5.91 Å². The second-order valence-electron chi connectivity index (χ2n) is 5.83. The molecule has 6 heteroatoms. The molecule has 1 aromatic carbocycles. The maximum atomic E-state index is 12.1. The number of carbonyl (C=O) groups is 1. The second kappa shape index (κ2) is 7.08. The molecule has 23 heavy (non-hydrogen) atoms. The van der Waals surface area contributed by atoms with Gasteiger partial charge in [0.05, 0.1) is 5.56 Å². The lowest BCUT2D eigenvalue weighted by molar-refractivity contribution is 0.0937. The largest absolute Gasteiger partial charge is 0.349 e. The molecule has 0 unspecified atom stereocenters. The Balaban J connectivity index is 1.65.